The summed E-state index contributed by atoms with van der Waals surface area (Å²) < 4.78 is 5.52. The number of nitrogens with one attached hydrogen (secondary N) is 1. The Morgan fingerprint density at radius 2 is 1.48 bits per heavy atom. The third-order valence-corrected chi connectivity index (χ3v) is 5.56. The summed E-state index contributed by atoms with van der Waals surface area (Å²) in [6.07, 6.45) is 0. The number of hydrogen-bond acceptors (Lipinski definition) is 3. The molecule has 0 bridgehead atoms. The second-order valence-corrected chi connectivity index (χ2v) is 7.77. The summed E-state index contributed by atoms with van der Waals surface area (Å²) in [5.74, 6) is 0.828. The highest BCUT2D eigenvalue weighted by Crippen LogP contribution is 2.28. The van der Waals surface area contributed by atoms with Crippen LogP contribution < -0.4 is 15.0 Å². The molecule has 1 aliphatic rings. The number of methoxy groups -OCH3 is 1. The molecular weight excluding hydrogens is 354 g/mol. The van der Waals surface area contributed by atoms with Gasteiger partial charge in [-0.2, -0.15) is 0 Å². The summed E-state index contributed by atoms with van der Waals surface area (Å²) in [5, 5.41) is 4.15. The Labute approximate surface area is 168 Å². The second kappa shape index (κ2) is 8.17. The van der Waals surface area contributed by atoms with Crippen LogP contribution in [0.15, 0.2) is 30.3 Å². The molecular formula is C22H29N3OS. The molecule has 0 amide bonds. The van der Waals surface area contributed by atoms with Crippen molar-refractivity contribution < 1.29 is 4.74 Å². The van der Waals surface area contributed by atoms with E-state index in [0.29, 0.717) is 0 Å². The second-order valence-electron chi connectivity index (χ2n) is 7.39. The molecule has 144 valence electrons. The van der Waals surface area contributed by atoms with E-state index in [1.54, 1.807) is 7.11 Å². The normalized spacial score (nSPS) is 14.3. The van der Waals surface area contributed by atoms with Crippen molar-refractivity contribution in [2.24, 2.45) is 0 Å². The lowest BCUT2D eigenvalue weighted by atomic mass is 10.1. The Hall–Kier alpha value is -2.27. The van der Waals surface area contributed by atoms with E-state index in [1.165, 1.54) is 27.9 Å². The van der Waals surface area contributed by atoms with Gasteiger partial charge in [0.15, 0.2) is 5.11 Å². The van der Waals surface area contributed by atoms with Crippen LogP contribution in [0.2, 0.25) is 0 Å². The zero-order valence-electron chi connectivity index (χ0n) is 16.9. The number of piperazine rings is 1. The molecule has 0 aromatic heterocycles. The van der Waals surface area contributed by atoms with Crippen molar-refractivity contribution in [2.75, 3.05) is 43.5 Å². The van der Waals surface area contributed by atoms with Crippen LogP contribution in [0.5, 0.6) is 5.75 Å². The molecule has 1 fully saturated rings. The molecule has 0 unspecified atom stereocenters. The van der Waals surface area contributed by atoms with Crippen molar-refractivity contribution in [3.05, 3.63) is 52.6 Å². The number of benzene rings is 2. The van der Waals surface area contributed by atoms with Crippen molar-refractivity contribution in [1.82, 2.24) is 4.90 Å². The molecule has 3 rings (SSSR count). The van der Waals surface area contributed by atoms with E-state index in [9.17, 15) is 0 Å². The summed E-state index contributed by atoms with van der Waals surface area (Å²) in [6, 6.07) is 10.9. The van der Waals surface area contributed by atoms with Crippen LogP contribution in [-0.4, -0.2) is 43.3 Å². The van der Waals surface area contributed by atoms with Crippen LogP contribution in [0.3, 0.4) is 0 Å². The first-order valence-electron chi connectivity index (χ1n) is 9.42. The predicted octanol–water partition coefficient (Wildman–Crippen LogP) is 4.45. The highest BCUT2D eigenvalue weighted by atomic mass is 32.1. The standard InChI is InChI=1S/C22H29N3OS/c1-15-10-16(2)12-19(11-15)24-6-8-25(9-7-24)22(27)23-20-13-17(3)18(4)14-21(20)26-5/h10-14H,6-9H2,1-5H3,(H,23,27). The summed E-state index contributed by atoms with van der Waals surface area (Å²) >= 11 is 5.68. The van der Waals surface area contributed by atoms with E-state index in [-0.39, 0.29) is 0 Å². The molecule has 1 N–H and O–H groups in total. The maximum Gasteiger partial charge on any atom is 0.173 e. The van der Waals surface area contributed by atoms with Gasteiger partial charge in [-0.25, -0.2) is 0 Å². The van der Waals surface area contributed by atoms with Gasteiger partial charge in [0.1, 0.15) is 5.75 Å². The van der Waals surface area contributed by atoms with Crippen LogP contribution in [-0.2, 0) is 0 Å². The van der Waals surface area contributed by atoms with Gasteiger partial charge in [0, 0.05) is 31.9 Å². The molecule has 1 saturated heterocycles. The zero-order valence-corrected chi connectivity index (χ0v) is 17.7. The van der Waals surface area contributed by atoms with E-state index in [1.807, 2.05) is 0 Å². The van der Waals surface area contributed by atoms with E-state index in [4.69, 9.17) is 17.0 Å². The molecule has 5 heteroatoms. The fraction of sp³-hybridized carbons (Fsp3) is 0.409. The first kappa shape index (κ1) is 19.5. The Kier molecular flexibility index (Phi) is 5.90. The van der Waals surface area contributed by atoms with E-state index in [0.717, 1.165) is 42.7 Å². The van der Waals surface area contributed by atoms with E-state index >= 15 is 0 Å². The quantitative estimate of drug-likeness (QED) is 0.791. The van der Waals surface area contributed by atoms with E-state index < -0.39 is 0 Å². The van der Waals surface area contributed by atoms with Gasteiger partial charge in [-0.1, -0.05) is 6.07 Å². The molecule has 4 nitrogen and oxygen atoms in total. The van der Waals surface area contributed by atoms with Gasteiger partial charge in [0.05, 0.1) is 12.8 Å². The third-order valence-electron chi connectivity index (χ3n) is 5.20. The van der Waals surface area contributed by atoms with Crippen molar-refractivity contribution in [2.45, 2.75) is 27.7 Å². The Morgan fingerprint density at radius 1 is 0.889 bits per heavy atom. The molecule has 27 heavy (non-hydrogen) atoms. The molecule has 2 aromatic carbocycles. The van der Waals surface area contributed by atoms with Crippen LogP contribution in [0.1, 0.15) is 22.3 Å². The maximum atomic E-state index is 5.68. The zero-order chi connectivity index (χ0) is 19.6. The van der Waals surface area contributed by atoms with Gasteiger partial charge in [-0.3, -0.25) is 0 Å². The topological polar surface area (TPSA) is 27.7 Å². The molecule has 0 atom stereocenters. The van der Waals surface area contributed by atoms with Crippen LogP contribution in [0, 0.1) is 27.7 Å². The lowest BCUT2D eigenvalue weighted by Crippen LogP contribution is -2.50. The van der Waals surface area contributed by atoms with Crippen molar-refractivity contribution in [3.63, 3.8) is 0 Å². The Morgan fingerprint density at radius 3 is 2.07 bits per heavy atom. The molecule has 0 radical (unpaired) electrons. The minimum absolute atomic E-state index is 0.761. The van der Waals surface area contributed by atoms with E-state index in [2.05, 4.69) is 73.1 Å². The van der Waals surface area contributed by atoms with Gasteiger partial charge < -0.3 is 19.9 Å². The maximum absolute atomic E-state index is 5.68. The first-order valence-corrected chi connectivity index (χ1v) is 9.82. The molecule has 1 heterocycles. The monoisotopic (exact) mass is 383 g/mol. The van der Waals surface area contributed by atoms with Gasteiger partial charge >= 0.3 is 0 Å². The van der Waals surface area contributed by atoms with Crippen molar-refractivity contribution in [3.8, 4) is 5.75 Å². The molecule has 1 aliphatic heterocycles. The highest BCUT2D eigenvalue weighted by molar-refractivity contribution is 7.80. The average Bonchev–Trinajstić information content (AvgIpc) is 2.63. The molecule has 2 aromatic rings. The fourth-order valence-electron chi connectivity index (χ4n) is 3.55. The van der Waals surface area contributed by atoms with Crippen molar-refractivity contribution in [1.29, 1.82) is 0 Å². The van der Waals surface area contributed by atoms with Gasteiger partial charge in [0.2, 0.25) is 0 Å². The van der Waals surface area contributed by atoms with Gasteiger partial charge in [0.25, 0.3) is 0 Å². The van der Waals surface area contributed by atoms with Gasteiger partial charge in [-0.05, 0) is 86.4 Å². The average molecular weight is 384 g/mol. The minimum atomic E-state index is 0.761. The summed E-state index contributed by atoms with van der Waals surface area (Å²) in [5.41, 5.74) is 7.30. The van der Waals surface area contributed by atoms with Crippen molar-refractivity contribution >= 4 is 28.7 Å². The summed E-state index contributed by atoms with van der Waals surface area (Å²) in [6.45, 7) is 12.3. The molecule has 0 spiro atoms. The third kappa shape index (κ3) is 4.53. The summed E-state index contributed by atoms with van der Waals surface area (Å²) in [7, 11) is 1.70. The number of aryl methyl sites for hydroxylation is 4. The number of hydrogen-bond donors (Lipinski definition) is 1. The lowest BCUT2D eigenvalue weighted by Gasteiger charge is -2.37. The number of ether oxygens (including phenoxy) is 1. The fourth-order valence-corrected chi connectivity index (χ4v) is 3.84. The SMILES string of the molecule is COc1cc(C)c(C)cc1NC(=S)N1CCN(c2cc(C)cc(C)c2)CC1. The smallest absolute Gasteiger partial charge is 0.173 e. The van der Waals surface area contributed by atoms with Crippen LogP contribution in [0.25, 0.3) is 0 Å². The Bertz CT molecular complexity index is 821. The highest BCUT2D eigenvalue weighted by Gasteiger charge is 2.20. The number of rotatable bonds is 3. The molecule has 0 saturated carbocycles. The van der Waals surface area contributed by atoms with Gasteiger partial charge in [-0.15, -0.1) is 0 Å². The summed E-state index contributed by atoms with van der Waals surface area (Å²) in [4.78, 5) is 4.68. The van der Waals surface area contributed by atoms with Crippen LogP contribution in [0.4, 0.5) is 11.4 Å². The number of anilines is 2. The number of nitrogens with zero attached hydrogens (tertiary/aromatic N) is 2. The lowest BCUT2D eigenvalue weighted by molar-refractivity contribution is 0.390. The largest absolute Gasteiger partial charge is 0.495 e. The molecule has 0 aliphatic carbocycles. The number of thiocarbonyl (C=S) groups is 1. The minimum Gasteiger partial charge on any atom is -0.495 e. The Balaban J connectivity index is 1.64. The van der Waals surface area contributed by atoms with Crippen LogP contribution >= 0.6 is 12.2 Å². The predicted molar refractivity (Wildman–Crippen MR) is 118 cm³/mol. The first-order chi connectivity index (χ1) is 12.9.